The van der Waals surface area contributed by atoms with Gasteiger partial charge in [0, 0.05) is 56.4 Å². The first-order valence-electron chi connectivity index (χ1n) is 10.6. The Morgan fingerprint density at radius 2 is 1.86 bits per heavy atom. The molecule has 2 amide bonds. The Morgan fingerprint density at radius 1 is 1.14 bits per heavy atom. The fourth-order valence-corrected chi connectivity index (χ4v) is 4.91. The molecule has 7 heteroatoms. The Kier molecular flexibility index (Phi) is 5.65. The van der Waals surface area contributed by atoms with Gasteiger partial charge >= 0.3 is 0 Å². The third kappa shape index (κ3) is 3.78. The normalized spacial score (nSPS) is 23.4. The van der Waals surface area contributed by atoms with Crippen molar-refractivity contribution in [3.8, 4) is 0 Å². The van der Waals surface area contributed by atoms with Gasteiger partial charge in [-0.1, -0.05) is 0 Å². The summed E-state index contributed by atoms with van der Waals surface area (Å²) < 4.78 is 2.22. The lowest BCUT2D eigenvalue weighted by Crippen LogP contribution is -2.50. The molecule has 7 nitrogen and oxygen atoms in total. The van der Waals surface area contributed by atoms with Crippen molar-refractivity contribution in [3.63, 3.8) is 0 Å². The molecule has 0 radical (unpaired) electrons. The number of nitrogens with zero attached hydrogens (tertiary/aromatic N) is 5. The largest absolute Gasteiger partial charge is 0.342 e. The first kappa shape index (κ1) is 19.6. The van der Waals surface area contributed by atoms with E-state index < -0.39 is 0 Å². The predicted molar refractivity (Wildman–Crippen MR) is 109 cm³/mol. The van der Waals surface area contributed by atoms with Gasteiger partial charge < -0.3 is 14.4 Å². The van der Waals surface area contributed by atoms with Crippen molar-refractivity contribution in [2.24, 2.45) is 5.92 Å². The molecule has 2 fully saturated rings. The Morgan fingerprint density at radius 3 is 2.48 bits per heavy atom. The number of carbonyl (C=O) groups is 2. The smallest absolute Gasteiger partial charge is 0.228 e. The molecule has 0 unspecified atom stereocenters. The predicted octanol–water partition coefficient (Wildman–Crippen LogP) is 2.75. The fourth-order valence-electron chi connectivity index (χ4n) is 4.91. The molecule has 29 heavy (non-hydrogen) atoms. The van der Waals surface area contributed by atoms with E-state index in [2.05, 4.69) is 21.5 Å². The summed E-state index contributed by atoms with van der Waals surface area (Å²) in [5.74, 6) is 0.118. The second-order valence-corrected chi connectivity index (χ2v) is 8.05. The van der Waals surface area contributed by atoms with Gasteiger partial charge in [-0.2, -0.15) is 0 Å². The SMILES string of the molecule is CCN1C(=O)CC[C@H](C(=O)N2CCC(n3cncc3C)CC2)[C@H]1c1ccncc1. The van der Waals surface area contributed by atoms with Gasteiger partial charge in [-0.05, 0) is 50.8 Å². The molecule has 0 N–H and O–H groups in total. The van der Waals surface area contributed by atoms with Gasteiger partial charge in [-0.15, -0.1) is 0 Å². The van der Waals surface area contributed by atoms with Gasteiger partial charge in [0.2, 0.25) is 11.8 Å². The highest BCUT2D eigenvalue weighted by Crippen LogP contribution is 2.38. The summed E-state index contributed by atoms with van der Waals surface area (Å²) in [6.45, 7) is 6.17. The molecule has 2 aliphatic rings. The van der Waals surface area contributed by atoms with Crippen LogP contribution in [0, 0.1) is 12.8 Å². The van der Waals surface area contributed by atoms with Crippen LogP contribution >= 0.6 is 0 Å². The van der Waals surface area contributed by atoms with E-state index in [1.807, 2.05) is 41.4 Å². The summed E-state index contributed by atoms with van der Waals surface area (Å²) >= 11 is 0. The summed E-state index contributed by atoms with van der Waals surface area (Å²) in [5, 5.41) is 0. The maximum Gasteiger partial charge on any atom is 0.228 e. The zero-order valence-electron chi connectivity index (χ0n) is 17.2. The lowest BCUT2D eigenvalue weighted by atomic mass is 9.83. The van der Waals surface area contributed by atoms with Crippen molar-refractivity contribution in [2.75, 3.05) is 19.6 Å². The molecule has 0 saturated carbocycles. The van der Waals surface area contributed by atoms with Crippen LogP contribution in [0.25, 0.3) is 0 Å². The standard InChI is InChI=1S/C22H29N5O2/c1-3-26-20(28)5-4-19(21(26)17-6-10-23-11-7-17)22(29)25-12-8-18(9-13-25)27-15-24-14-16(27)2/h6-7,10-11,14-15,18-19,21H,3-5,8-9,12-13H2,1-2H3/t19-,21+/m0/s1. The summed E-state index contributed by atoms with van der Waals surface area (Å²) in [5.41, 5.74) is 2.16. The van der Waals surface area contributed by atoms with Crippen LogP contribution in [0.1, 0.15) is 55.9 Å². The maximum atomic E-state index is 13.5. The number of rotatable bonds is 4. The summed E-state index contributed by atoms with van der Waals surface area (Å²) in [4.78, 5) is 38.3. The molecule has 0 bridgehead atoms. The topological polar surface area (TPSA) is 71.3 Å². The van der Waals surface area contributed by atoms with E-state index in [-0.39, 0.29) is 23.8 Å². The number of piperidine rings is 2. The van der Waals surface area contributed by atoms with Gasteiger partial charge in [0.15, 0.2) is 0 Å². The van der Waals surface area contributed by atoms with Crippen molar-refractivity contribution in [1.82, 2.24) is 24.3 Å². The number of pyridine rings is 1. The molecule has 154 valence electrons. The van der Waals surface area contributed by atoms with E-state index in [1.54, 1.807) is 12.4 Å². The van der Waals surface area contributed by atoms with Gasteiger partial charge in [0.1, 0.15) is 0 Å². The lowest BCUT2D eigenvalue weighted by Gasteiger charge is -2.43. The molecule has 2 aliphatic heterocycles. The minimum Gasteiger partial charge on any atom is -0.342 e. The molecule has 4 heterocycles. The van der Waals surface area contributed by atoms with Crippen LogP contribution in [-0.4, -0.2) is 55.8 Å². The molecule has 0 aliphatic carbocycles. The minimum absolute atomic E-state index is 0.132. The molecular formula is C22H29N5O2. The highest BCUT2D eigenvalue weighted by molar-refractivity contribution is 5.85. The Balaban J connectivity index is 1.51. The number of imidazole rings is 1. The first-order valence-corrected chi connectivity index (χ1v) is 10.6. The van der Waals surface area contributed by atoms with E-state index in [0.29, 0.717) is 25.4 Å². The molecular weight excluding hydrogens is 366 g/mol. The van der Waals surface area contributed by atoms with E-state index in [1.165, 1.54) is 0 Å². The number of aryl methyl sites for hydroxylation is 1. The van der Waals surface area contributed by atoms with Crippen LogP contribution in [-0.2, 0) is 9.59 Å². The molecule has 2 saturated heterocycles. The van der Waals surface area contributed by atoms with Gasteiger partial charge in [0.05, 0.1) is 18.3 Å². The van der Waals surface area contributed by atoms with Crippen LogP contribution < -0.4 is 0 Å². The highest BCUT2D eigenvalue weighted by atomic mass is 16.2. The van der Waals surface area contributed by atoms with Gasteiger partial charge in [0.25, 0.3) is 0 Å². The van der Waals surface area contributed by atoms with Crippen molar-refractivity contribution in [2.45, 2.75) is 51.6 Å². The minimum atomic E-state index is -0.203. The number of aromatic nitrogens is 3. The van der Waals surface area contributed by atoms with E-state index in [4.69, 9.17) is 0 Å². The fraction of sp³-hybridized carbons (Fsp3) is 0.545. The number of carbonyl (C=O) groups excluding carboxylic acids is 2. The number of hydrogen-bond donors (Lipinski definition) is 0. The van der Waals surface area contributed by atoms with Crippen molar-refractivity contribution >= 4 is 11.8 Å². The van der Waals surface area contributed by atoms with Crippen LogP contribution in [0.2, 0.25) is 0 Å². The Bertz CT molecular complexity index is 857. The van der Waals surface area contributed by atoms with Crippen LogP contribution in [0.5, 0.6) is 0 Å². The van der Waals surface area contributed by atoms with Crippen LogP contribution in [0.15, 0.2) is 37.1 Å². The average Bonchev–Trinajstić information content (AvgIpc) is 3.19. The van der Waals surface area contributed by atoms with Crippen molar-refractivity contribution in [1.29, 1.82) is 0 Å². The monoisotopic (exact) mass is 395 g/mol. The van der Waals surface area contributed by atoms with Crippen molar-refractivity contribution in [3.05, 3.63) is 48.3 Å². The van der Waals surface area contributed by atoms with E-state index >= 15 is 0 Å². The van der Waals surface area contributed by atoms with Crippen LogP contribution in [0.4, 0.5) is 0 Å². The summed E-state index contributed by atoms with van der Waals surface area (Å²) in [6, 6.07) is 4.06. The second kappa shape index (κ2) is 8.35. The number of likely N-dealkylation sites (tertiary alicyclic amines) is 2. The third-order valence-electron chi connectivity index (χ3n) is 6.44. The maximum absolute atomic E-state index is 13.5. The molecule has 2 atom stereocenters. The zero-order chi connectivity index (χ0) is 20.4. The summed E-state index contributed by atoms with van der Waals surface area (Å²) in [6.07, 6.45) is 10.2. The quantitative estimate of drug-likeness (QED) is 0.798. The molecule has 2 aromatic heterocycles. The molecule has 0 spiro atoms. The third-order valence-corrected chi connectivity index (χ3v) is 6.44. The zero-order valence-corrected chi connectivity index (χ0v) is 17.2. The van der Waals surface area contributed by atoms with E-state index in [0.717, 1.165) is 37.2 Å². The van der Waals surface area contributed by atoms with Crippen LogP contribution in [0.3, 0.4) is 0 Å². The molecule has 4 rings (SSSR count). The summed E-state index contributed by atoms with van der Waals surface area (Å²) in [7, 11) is 0. The molecule has 0 aromatic carbocycles. The Hall–Kier alpha value is -2.70. The lowest BCUT2D eigenvalue weighted by molar-refractivity contribution is -0.148. The van der Waals surface area contributed by atoms with Crippen molar-refractivity contribution < 1.29 is 9.59 Å². The average molecular weight is 396 g/mol. The number of hydrogen-bond acceptors (Lipinski definition) is 4. The second-order valence-electron chi connectivity index (χ2n) is 8.05. The van der Waals surface area contributed by atoms with E-state index in [9.17, 15) is 9.59 Å². The van der Waals surface area contributed by atoms with Gasteiger partial charge in [-0.25, -0.2) is 4.98 Å². The highest BCUT2D eigenvalue weighted by Gasteiger charge is 2.42. The van der Waals surface area contributed by atoms with Gasteiger partial charge in [-0.3, -0.25) is 14.6 Å². The first-order chi connectivity index (χ1) is 14.1. The Labute approximate surface area is 171 Å². The molecule has 2 aromatic rings. The number of amides is 2.